The number of nitrogens with two attached hydrogens (primary N) is 1. The Morgan fingerprint density at radius 2 is 1.81 bits per heavy atom. The number of halogens is 1. The van der Waals surface area contributed by atoms with Crippen molar-refractivity contribution < 1.29 is 0 Å². The molecular weight excluding hydrogens is 326 g/mol. The van der Waals surface area contributed by atoms with E-state index >= 15 is 0 Å². The fourth-order valence-electron chi connectivity index (χ4n) is 2.53. The zero-order valence-corrected chi connectivity index (χ0v) is 13.3. The van der Waals surface area contributed by atoms with Gasteiger partial charge in [0.25, 0.3) is 0 Å². The molecule has 0 aliphatic heterocycles. The third-order valence-corrected chi connectivity index (χ3v) is 4.12. The predicted octanol–water partition coefficient (Wildman–Crippen LogP) is 4.65. The summed E-state index contributed by atoms with van der Waals surface area (Å²) in [6.45, 7) is 2.15. The minimum absolute atomic E-state index is 0.526. The van der Waals surface area contributed by atoms with Crippen molar-refractivity contribution in [1.82, 2.24) is 10.2 Å². The zero-order valence-electron chi connectivity index (χ0n) is 11.7. The van der Waals surface area contributed by atoms with Crippen LogP contribution in [-0.4, -0.2) is 10.2 Å². The summed E-state index contributed by atoms with van der Waals surface area (Å²) in [7, 11) is 0. The Bertz CT molecular complexity index is 760. The zero-order chi connectivity index (χ0) is 14.8. The molecule has 0 saturated heterocycles. The van der Waals surface area contributed by atoms with E-state index < -0.39 is 0 Å². The first-order valence-electron chi connectivity index (χ1n) is 6.88. The summed E-state index contributed by atoms with van der Waals surface area (Å²) in [5.74, 6) is 0.526. The topological polar surface area (TPSA) is 54.7 Å². The molecule has 0 atom stereocenters. The number of hydrogen-bond acceptors (Lipinski definition) is 2. The minimum Gasteiger partial charge on any atom is -0.382 e. The molecule has 3 aromatic rings. The van der Waals surface area contributed by atoms with Crippen LogP contribution in [0.4, 0.5) is 5.82 Å². The number of nitrogen functional groups attached to an aromatic ring is 1. The Kier molecular flexibility index (Phi) is 3.80. The van der Waals surface area contributed by atoms with Gasteiger partial charge in [0, 0.05) is 10.0 Å². The normalized spacial score (nSPS) is 10.8. The smallest absolute Gasteiger partial charge is 0.153 e. The molecule has 1 aromatic heterocycles. The van der Waals surface area contributed by atoms with Crippen molar-refractivity contribution in [3.63, 3.8) is 0 Å². The number of nitrogens with one attached hydrogen (secondary N) is 1. The van der Waals surface area contributed by atoms with Gasteiger partial charge in [-0.05, 0) is 29.7 Å². The van der Waals surface area contributed by atoms with Gasteiger partial charge in [0.15, 0.2) is 5.82 Å². The van der Waals surface area contributed by atoms with Crippen molar-refractivity contribution in [1.29, 1.82) is 0 Å². The van der Waals surface area contributed by atoms with Crippen LogP contribution < -0.4 is 5.73 Å². The summed E-state index contributed by atoms with van der Waals surface area (Å²) < 4.78 is 1.05. The second-order valence-corrected chi connectivity index (χ2v) is 5.79. The van der Waals surface area contributed by atoms with Gasteiger partial charge in [-0.3, -0.25) is 5.10 Å². The molecule has 4 heteroatoms. The van der Waals surface area contributed by atoms with Gasteiger partial charge in [0.05, 0.1) is 11.3 Å². The molecular formula is C17H16BrN3. The summed E-state index contributed by atoms with van der Waals surface area (Å²) in [4.78, 5) is 0. The van der Waals surface area contributed by atoms with Gasteiger partial charge in [-0.2, -0.15) is 5.10 Å². The molecule has 21 heavy (non-hydrogen) atoms. The molecule has 3 nitrogen and oxygen atoms in total. The maximum Gasteiger partial charge on any atom is 0.153 e. The van der Waals surface area contributed by atoms with E-state index in [0.29, 0.717) is 5.82 Å². The molecule has 0 aliphatic rings. The van der Waals surface area contributed by atoms with Crippen molar-refractivity contribution in [3.05, 3.63) is 58.6 Å². The van der Waals surface area contributed by atoms with Crippen molar-refractivity contribution in [3.8, 4) is 22.4 Å². The lowest BCUT2D eigenvalue weighted by Gasteiger charge is -2.09. The predicted molar refractivity (Wildman–Crippen MR) is 91.0 cm³/mol. The van der Waals surface area contributed by atoms with Crippen LogP contribution in [0.5, 0.6) is 0 Å². The number of nitrogens with zero attached hydrogens (tertiary/aromatic N) is 1. The van der Waals surface area contributed by atoms with Crippen molar-refractivity contribution >= 4 is 21.7 Å². The van der Waals surface area contributed by atoms with Gasteiger partial charge >= 0.3 is 0 Å². The summed E-state index contributed by atoms with van der Waals surface area (Å²) in [6, 6.07) is 16.4. The van der Waals surface area contributed by atoms with E-state index in [1.807, 2.05) is 30.3 Å². The van der Waals surface area contributed by atoms with Crippen LogP contribution in [-0.2, 0) is 6.42 Å². The third kappa shape index (κ3) is 2.59. The molecule has 1 heterocycles. The quantitative estimate of drug-likeness (QED) is 0.728. The Hall–Kier alpha value is -2.07. The molecule has 106 valence electrons. The third-order valence-electron chi connectivity index (χ3n) is 3.59. The molecule has 0 spiro atoms. The lowest BCUT2D eigenvalue weighted by atomic mass is 9.96. The molecule has 0 amide bonds. The Morgan fingerprint density at radius 1 is 1.10 bits per heavy atom. The fourth-order valence-corrected chi connectivity index (χ4v) is 2.80. The van der Waals surface area contributed by atoms with Crippen LogP contribution in [0.15, 0.2) is 53.0 Å². The van der Waals surface area contributed by atoms with Gasteiger partial charge in [-0.25, -0.2) is 0 Å². The van der Waals surface area contributed by atoms with E-state index in [1.165, 1.54) is 5.56 Å². The highest BCUT2D eigenvalue weighted by molar-refractivity contribution is 9.10. The molecule has 0 unspecified atom stereocenters. The molecule has 0 bridgehead atoms. The molecule has 0 fully saturated rings. The number of aryl methyl sites for hydroxylation is 1. The fraction of sp³-hybridized carbons (Fsp3) is 0.118. The van der Waals surface area contributed by atoms with Gasteiger partial charge in [0.1, 0.15) is 0 Å². The highest BCUT2D eigenvalue weighted by atomic mass is 79.9. The summed E-state index contributed by atoms with van der Waals surface area (Å²) in [5, 5.41) is 7.30. The molecule has 2 aromatic carbocycles. The van der Waals surface area contributed by atoms with E-state index in [2.05, 4.69) is 51.3 Å². The van der Waals surface area contributed by atoms with Gasteiger partial charge < -0.3 is 5.73 Å². The van der Waals surface area contributed by atoms with Crippen LogP contribution in [0, 0.1) is 0 Å². The number of aromatic amines is 1. The van der Waals surface area contributed by atoms with Crippen LogP contribution in [0.3, 0.4) is 0 Å². The SMILES string of the molecule is CCc1ccccc1-c1[nH]nc(N)c1-c1ccc(Br)cc1. The first-order valence-corrected chi connectivity index (χ1v) is 7.68. The van der Waals surface area contributed by atoms with Crippen LogP contribution in [0.25, 0.3) is 22.4 Å². The van der Waals surface area contributed by atoms with E-state index in [9.17, 15) is 0 Å². The average Bonchev–Trinajstić information content (AvgIpc) is 2.90. The Balaban J connectivity index is 2.19. The number of hydrogen-bond donors (Lipinski definition) is 2. The standard InChI is InChI=1S/C17H16BrN3/c1-2-11-5-3-4-6-14(11)16-15(17(19)21-20-16)12-7-9-13(18)10-8-12/h3-10H,2H2,1H3,(H3,19,20,21). The number of aromatic nitrogens is 2. The minimum atomic E-state index is 0.526. The molecule has 3 rings (SSSR count). The van der Waals surface area contributed by atoms with Crippen LogP contribution >= 0.6 is 15.9 Å². The first kappa shape index (κ1) is 13.9. The Morgan fingerprint density at radius 3 is 2.52 bits per heavy atom. The highest BCUT2D eigenvalue weighted by Crippen LogP contribution is 2.36. The second kappa shape index (κ2) is 5.74. The number of anilines is 1. The van der Waals surface area contributed by atoms with Gasteiger partial charge in [-0.1, -0.05) is 59.3 Å². The summed E-state index contributed by atoms with van der Waals surface area (Å²) in [6.07, 6.45) is 0.967. The number of benzene rings is 2. The molecule has 3 N–H and O–H groups in total. The Labute approximate surface area is 132 Å². The van der Waals surface area contributed by atoms with Crippen molar-refractivity contribution in [2.75, 3.05) is 5.73 Å². The highest BCUT2D eigenvalue weighted by Gasteiger charge is 2.16. The molecule has 0 saturated carbocycles. The lowest BCUT2D eigenvalue weighted by Crippen LogP contribution is -1.91. The largest absolute Gasteiger partial charge is 0.382 e. The van der Waals surface area contributed by atoms with Crippen molar-refractivity contribution in [2.45, 2.75) is 13.3 Å². The molecule has 0 aliphatic carbocycles. The maximum absolute atomic E-state index is 6.09. The van der Waals surface area contributed by atoms with E-state index in [4.69, 9.17) is 5.73 Å². The maximum atomic E-state index is 6.09. The summed E-state index contributed by atoms with van der Waals surface area (Å²) in [5.41, 5.74) is 11.5. The average molecular weight is 342 g/mol. The second-order valence-electron chi connectivity index (χ2n) is 4.88. The van der Waals surface area contributed by atoms with E-state index in [1.54, 1.807) is 0 Å². The van der Waals surface area contributed by atoms with E-state index in [-0.39, 0.29) is 0 Å². The number of rotatable bonds is 3. The van der Waals surface area contributed by atoms with Crippen molar-refractivity contribution in [2.24, 2.45) is 0 Å². The van der Waals surface area contributed by atoms with Gasteiger partial charge in [0.2, 0.25) is 0 Å². The number of H-pyrrole nitrogens is 1. The first-order chi connectivity index (χ1) is 10.2. The van der Waals surface area contributed by atoms with Crippen LogP contribution in [0.2, 0.25) is 0 Å². The monoisotopic (exact) mass is 341 g/mol. The van der Waals surface area contributed by atoms with E-state index in [0.717, 1.165) is 33.3 Å². The summed E-state index contributed by atoms with van der Waals surface area (Å²) >= 11 is 3.46. The van der Waals surface area contributed by atoms with Gasteiger partial charge in [-0.15, -0.1) is 0 Å². The molecule has 0 radical (unpaired) electrons. The van der Waals surface area contributed by atoms with Crippen LogP contribution in [0.1, 0.15) is 12.5 Å². The lowest BCUT2D eigenvalue weighted by molar-refractivity contribution is 1.09.